The van der Waals surface area contributed by atoms with Gasteiger partial charge in [0.2, 0.25) is 0 Å². The number of nitro groups is 1. The Bertz CT molecular complexity index is 1110. The molecule has 1 N–H and O–H groups in total. The number of esters is 1. The van der Waals surface area contributed by atoms with Crippen molar-refractivity contribution in [2.75, 3.05) is 19.0 Å². The highest BCUT2D eigenvalue weighted by molar-refractivity contribution is 6.22. The number of amides is 3. The predicted octanol–water partition coefficient (Wildman–Crippen LogP) is 2.94. The maximum absolute atomic E-state index is 12.8. The van der Waals surface area contributed by atoms with Crippen molar-refractivity contribution in [3.63, 3.8) is 0 Å². The number of unbranched alkanes of at least 4 members (excludes halogenated alkanes) is 1. The largest absolute Gasteiger partial charge is 0.497 e. The van der Waals surface area contributed by atoms with Gasteiger partial charge in [0.05, 0.1) is 23.2 Å². The van der Waals surface area contributed by atoms with E-state index in [1.165, 1.54) is 37.4 Å². The van der Waals surface area contributed by atoms with Gasteiger partial charge in [0.1, 0.15) is 17.5 Å². The summed E-state index contributed by atoms with van der Waals surface area (Å²) in [4.78, 5) is 62.2. The number of nitro benzene ring substituents is 1. The summed E-state index contributed by atoms with van der Waals surface area (Å²) in [7, 11) is 1.37. The fraction of sp³-hybridized carbons (Fsp3) is 0.304. The van der Waals surface area contributed by atoms with Crippen LogP contribution >= 0.6 is 0 Å². The third-order valence-electron chi connectivity index (χ3n) is 5.26. The van der Waals surface area contributed by atoms with E-state index >= 15 is 0 Å². The lowest BCUT2D eigenvalue weighted by Gasteiger charge is -2.24. The molecule has 11 heteroatoms. The van der Waals surface area contributed by atoms with E-state index in [2.05, 4.69) is 5.32 Å². The molecule has 0 saturated carbocycles. The Morgan fingerprint density at radius 1 is 1.12 bits per heavy atom. The predicted molar refractivity (Wildman–Crippen MR) is 119 cm³/mol. The molecule has 0 radical (unpaired) electrons. The summed E-state index contributed by atoms with van der Waals surface area (Å²) in [5, 5.41) is 13.5. The molecule has 1 atom stereocenters. The number of ether oxygens (including phenoxy) is 2. The van der Waals surface area contributed by atoms with Crippen LogP contribution in [0.2, 0.25) is 0 Å². The van der Waals surface area contributed by atoms with Gasteiger partial charge in [-0.05, 0) is 24.6 Å². The topological polar surface area (TPSA) is 145 Å². The SMILES string of the molecule is CCCC[C@H](C(=O)OCC(=O)Nc1cc(OC)ccc1[N+](=O)[O-])N1C(=O)c2ccccc2C1=O. The zero-order valence-electron chi connectivity index (χ0n) is 18.6. The van der Waals surface area contributed by atoms with Crippen LogP contribution in [0.3, 0.4) is 0 Å². The first-order valence-corrected chi connectivity index (χ1v) is 10.5. The summed E-state index contributed by atoms with van der Waals surface area (Å²) in [6.07, 6.45) is 1.41. The van der Waals surface area contributed by atoms with Gasteiger partial charge in [0.15, 0.2) is 6.61 Å². The molecule has 11 nitrogen and oxygen atoms in total. The van der Waals surface area contributed by atoms with Crippen molar-refractivity contribution in [3.8, 4) is 5.75 Å². The van der Waals surface area contributed by atoms with E-state index in [-0.39, 0.29) is 34.7 Å². The number of benzene rings is 2. The molecule has 0 unspecified atom stereocenters. The molecule has 0 aliphatic carbocycles. The summed E-state index contributed by atoms with van der Waals surface area (Å²) >= 11 is 0. The third-order valence-corrected chi connectivity index (χ3v) is 5.26. The number of imide groups is 1. The van der Waals surface area contributed by atoms with Gasteiger partial charge in [-0.15, -0.1) is 0 Å². The lowest BCUT2D eigenvalue weighted by Crippen LogP contribution is -2.46. The van der Waals surface area contributed by atoms with Crippen LogP contribution in [0.25, 0.3) is 0 Å². The highest BCUT2D eigenvalue weighted by Gasteiger charge is 2.43. The zero-order chi connectivity index (χ0) is 24.8. The fourth-order valence-electron chi connectivity index (χ4n) is 3.56. The van der Waals surface area contributed by atoms with Gasteiger partial charge < -0.3 is 14.8 Å². The third kappa shape index (κ3) is 5.03. The van der Waals surface area contributed by atoms with Gasteiger partial charge in [-0.1, -0.05) is 31.9 Å². The Morgan fingerprint density at radius 3 is 2.32 bits per heavy atom. The molecule has 0 fully saturated rings. The second kappa shape index (κ2) is 10.6. The minimum Gasteiger partial charge on any atom is -0.497 e. The maximum atomic E-state index is 12.8. The number of hydrogen-bond donors (Lipinski definition) is 1. The van der Waals surface area contributed by atoms with Crippen LogP contribution in [0.1, 0.15) is 46.9 Å². The molecule has 34 heavy (non-hydrogen) atoms. The van der Waals surface area contributed by atoms with Crippen LogP contribution in [0.4, 0.5) is 11.4 Å². The Kier molecular flexibility index (Phi) is 7.57. The van der Waals surface area contributed by atoms with Crippen LogP contribution in [0.15, 0.2) is 42.5 Å². The minimum atomic E-state index is -1.20. The van der Waals surface area contributed by atoms with Crippen LogP contribution < -0.4 is 10.1 Å². The number of hydrogen-bond acceptors (Lipinski definition) is 8. The molecular formula is C23H23N3O8. The Hall–Kier alpha value is -4.28. The summed E-state index contributed by atoms with van der Waals surface area (Å²) in [6, 6.07) is 8.85. The molecule has 1 aliphatic heterocycles. The maximum Gasteiger partial charge on any atom is 0.329 e. The smallest absolute Gasteiger partial charge is 0.329 e. The van der Waals surface area contributed by atoms with E-state index in [4.69, 9.17) is 9.47 Å². The first-order chi connectivity index (χ1) is 16.3. The Labute approximate surface area is 194 Å². The lowest BCUT2D eigenvalue weighted by molar-refractivity contribution is -0.383. The van der Waals surface area contributed by atoms with Gasteiger partial charge in [-0.3, -0.25) is 29.4 Å². The summed E-state index contributed by atoms with van der Waals surface area (Å²) in [5.74, 6) is -2.67. The molecule has 3 amide bonds. The molecule has 0 bridgehead atoms. The number of carbonyl (C=O) groups is 4. The van der Waals surface area contributed by atoms with Crippen molar-refractivity contribution >= 4 is 35.1 Å². The minimum absolute atomic E-state index is 0.131. The molecule has 3 rings (SSSR count). The summed E-state index contributed by atoms with van der Waals surface area (Å²) in [6.45, 7) is 1.12. The quantitative estimate of drug-likeness (QED) is 0.242. The molecule has 1 heterocycles. The van der Waals surface area contributed by atoms with Gasteiger partial charge in [-0.2, -0.15) is 0 Å². The average molecular weight is 469 g/mol. The lowest BCUT2D eigenvalue weighted by atomic mass is 10.1. The number of methoxy groups -OCH3 is 1. The van der Waals surface area contributed by atoms with Gasteiger partial charge >= 0.3 is 5.97 Å². The number of carbonyl (C=O) groups excluding carboxylic acids is 4. The van der Waals surface area contributed by atoms with Crippen LogP contribution in [-0.2, 0) is 14.3 Å². The second-order valence-corrected chi connectivity index (χ2v) is 7.48. The Balaban J connectivity index is 1.72. The van der Waals surface area contributed by atoms with Crippen molar-refractivity contribution in [2.24, 2.45) is 0 Å². The van der Waals surface area contributed by atoms with Gasteiger partial charge in [0.25, 0.3) is 23.4 Å². The summed E-state index contributed by atoms with van der Waals surface area (Å²) < 4.78 is 10.1. The monoisotopic (exact) mass is 469 g/mol. The molecule has 0 saturated heterocycles. The van der Waals surface area contributed by atoms with Crippen molar-refractivity contribution in [1.29, 1.82) is 0 Å². The van der Waals surface area contributed by atoms with E-state index in [0.29, 0.717) is 12.8 Å². The molecular weight excluding hydrogens is 446 g/mol. The number of nitrogens with zero attached hydrogens (tertiary/aromatic N) is 2. The molecule has 2 aromatic rings. The zero-order valence-corrected chi connectivity index (χ0v) is 18.6. The highest BCUT2D eigenvalue weighted by Crippen LogP contribution is 2.29. The van der Waals surface area contributed by atoms with E-state index < -0.39 is 41.3 Å². The molecule has 178 valence electrons. The van der Waals surface area contributed by atoms with E-state index in [0.717, 1.165) is 4.90 Å². The van der Waals surface area contributed by atoms with E-state index in [9.17, 15) is 29.3 Å². The standard InChI is InChI=1S/C23H23N3O8/c1-3-4-9-19(25-21(28)15-7-5-6-8-16(15)22(25)29)23(30)34-13-20(27)24-17-12-14(33-2)10-11-18(17)26(31)32/h5-8,10-12,19H,3-4,9,13H2,1-2H3,(H,24,27)/t19-/m1/s1. The van der Waals surface area contributed by atoms with Crippen LogP contribution in [0, 0.1) is 10.1 Å². The van der Waals surface area contributed by atoms with E-state index in [1.807, 2.05) is 6.92 Å². The van der Waals surface area contributed by atoms with Crippen molar-refractivity contribution < 1.29 is 33.6 Å². The second-order valence-electron chi connectivity index (χ2n) is 7.48. The average Bonchev–Trinajstić information content (AvgIpc) is 3.08. The van der Waals surface area contributed by atoms with Crippen molar-refractivity contribution in [2.45, 2.75) is 32.2 Å². The number of anilines is 1. The first-order valence-electron chi connectivity index (χ1n) is 10.5. The molecule has 0 spiro atoms. The highest BCUT2D eigenvalue weighted by atomic mass is 16.6. The molecule has 0 aromatic heterocycles. The summed E-state index contributed by atoms with van der Waals surface area (Å²) in [5.41, 5.74) is -0.102. The molecule has 2 aromatic carbocycles. The Morgan fingerprint density at radius 2 is 1.76 bits per heavy atom. The van der Waals surface area contributed by atoms with E-state index in [1.54, 1.807) is 12.1 Å². The normalized spacial score (nSPS) is 13.3. The molecule has 1 aliphatic rings. The number of rotatable bonds is 10. The number of nitrogens with one attached hydrogen (secondary N) is 1. The van der Waals surface area contributed by atoms with Gasteiger partial charge in [0, 0.05) is 12.1 Å². The van der Waals surface area contributed by atoms with Crippen molar-refractivity contribution in [3.05, 3.63) is 63.7 Å². The first kappa shape index (κ1) is 24.4. The number of fused-ring (bicyclic) bond motifs is 1. The fourth-order valence-corrected chi connectivity index (χ4v) is 3.56. The van der Waals surface area contributed by atoms with Crippen LogP contribution in [-0.4, -0.2) is 53.3 Å². The van der Waals surface area contributed by atoms with Gasteiger partial charge in [-0.25, -0.2) is 4.79 Å². The van der Waals surface area contributed by atoms with Crippen molar-refractivity contribution in [1.82, 2.24) is 4.90 Å². The van der Waals surface area contributed by atoms with Crippen LogP contribution in [0.5, 0.6) is 5.75 Å².